The number of halogens is 2. The van der Waals surface area contributed by atoms with Crippen LogP contribution in [0.15, 0.2) is 23.1 Å². The van der Waals surface area contributed by atoms with Crippen LogP contribution in [0.5, 0.6) is 0 Å². The van der Waals surface area contributed by atoms with Crippen molar-refractivity contribution in [2.24, 2.45) is 0 Å². The summed E-state index contributed by atoms with van der Waals surface area (Å²) in [6, 6.07) is 4.53. The predicted octanol–water partition coefficient (Wildman–Crippen LogP) is 2.77. The molecule has 1 N–H and O–H groups in total. The van der Waals surface area contributed by atoms with Gasteiger partial charge in [-0.05, 0) is 25.6 Å². The lowest BCUT2D eigenvalue weighted by molar-refractivity contribution is 0.566. The van der Waals surface area contributed by atoms with E-state index in [0.717, 1.165) is 0 Å². The summed E-state index contributed by atoms with van der Waals surface area (Å²) in [5, 5.41) is 3.38. The van der Waals surface area contributed by atoms with Crippen LogP contribution in [-0.2, 0) is 9.84 Å². The lowest BCUT2D eigenvalue weighted by Crippen LogP contribution is -2.32. The minimum absolute atomic E-state index is 0.0214. The zero-order valence-electron chi connectivity index (χ0n) is 9.70. The van der Waals surface area contributed by atoms with Crippen LogP contribution < -0.4 is 5.32 Å². The maximum atomic E-state index is 12.2. The van der Waals surface area contributed by atoms with Crippen LogP contribution in [0.1, 0.15) is 13.8 Å². The first-order valence-electron chi connectivity index (χ1n) is 5.28. The molecule has 96 valence electrons. The van der Waals surface area contributed by atoms with E-state index in [1.807, 2.05) is 13.8 Å². The molecule has 1 aromatic rings. The monoisotopic (exact) mass is 295 g/mol. The van der Waals surface area contributed by atoms with Crippen molar-refractivity contribution in [1.29, 1.82) is 0 Å². The molecule has 3 nitrogen and oxygen atoms in total. The molecular formula is C11H15Cl2NO2S. The minimum atomic E-state index is -3.47. The first kappa shape index (κ1) is 14.8. The Balaban J connectivity index is 3.06. The Kier molecular flexibility index (Phi) is 5.25. The zero-order chi connectivity index (χ0) is 13.1. The SMILES string of the molecule is CCNC(C)CS(=O)(=O)c1c(Cl)cccc1Cl. The Bertz CT molecular complexity index is 468. The molecule has 6 heteroatoms. The fourth-order valence-electron chi connectivity index (χ4n) is 1.60. The van der Waals surface area contributed by atoms with Gasteiger partial charge in [0, 0.05) is 6.04 Å². The van der Waals surface area contributed by atoms with Gasteiger partial charge in [-0.25, -0.2) is 8.42 Å². The van der Waals surface area contributed by atoms with Crippen molar-refractivity contribution in [1.82, 2.24) is 5.32 Å². The number of benzene rings is 1. The van der Waals surface area contributed by atoms with Crippen molar-refractivity contribution in [3.05, 3.63) is 28.2 Å². The van der Waals surface area contributed by atoms with Crippen molar-refractivity contribution in [2.45, 2.75) is 24.8 Å². The van der Waals surface area contributed by atoms with Crippen LogP contribution >= 0.6 is 23.2 Å². The fourth-order valence-corrected chi connectivity index (χ4v) is 4.38. The summed E-state index contributed by atoms with van der Waals surface area (Å²) in [5.41, 5.74) is 0. The maximum Gasteiger partial charge on any atom is 0.182 e. The summed E-state index contributed by atoms with van der Waals surface area (Å²) in [5.74, 6) is -0.0235. The molecule has 17 heavy (non-hydrogen) atoms. The Hall–Kier alpha value is -0.290. The molecule has 0 radical (unpaired) electrons. The smallest absolute Gasteiger partial charge is 0.182 e. The minimum Gasteiger partial charge on any atom is -0.314 e. The Morgan fingerprint density at radius 2 is 1.82 bits per heavy atom. The van der Waals surface area contributed by atoms with E-state index in [1.165, 1.54) is 12.1 Å². The third kappa shape index (κ3) is 3.85. The number of rotatable bonds is 5. The molecule has 1 atom stereocenters. The Morgan fingerprint density at radius 3 is 2.29 bits per heavy atom. The first-order valence-corrected chi connectivity index (χ1v) is 7.69. The second-order valence-corrected chi connectivity index (χ2v) is 6.58. The third-order valence-electron chi connectivity index (χ3n) is 2.25. The predicted molar refractivity (Wildman–Crippen MR) is 71.7 cm³/mol. The van der Waals surface area contributed by atoms with E-state index in [9.17, 15) is 8.42 Å². The van der Waals surface area contributed by atoms with Crippen LogP contribution in [0.3, 0.4) is 0 Å². The molecule has 0 aliphatic heterocycles. The standard InChI is InChI=1S/C11H15Cl2NO2S/c1-3-14-8(2)7-17(15,16)11-9(12)5-4-6-10(11)13/h4-6,8,14H,3,7H2,1-2H3. The van der Waals surface area contributed by atoms with Crippen molar-refractivity contribution in [2.75, 3.05) is 12.3 Å². The fraction of sp³-hybridized carbons (Fsp3) is 0.455. The van der Waals surface area contributed by atoms with E-state index in [1.54, 1.807) is 6.07 Å². The number of hydrogen-bond acceptors (Lipinski definition) is 3. The normalized spacial score (nSPS) is 13.6. The Labute approximate surface area is 112 Å². The highest BCUT2D eigenvalue weighted by Crippen LogP contribution is 2.30. The maximum absolute atomic E-state index is 12.2. The molecule has 0 amide bonds. The van der Waals surface area contributed by atoms with Crippen LogP contribution in [0.4, 0.5) is 0 Å². The molecule has 0 saturated heterocycles. The number of nitrogens with one attached hydrogen (secondary N) is 1. The van der Waals surface area contributed by atoms with Crippen molar-refractivity contribution in [3.8, 4) is 0 Å². The molecule has 1 unspecified atom stereocenters. The second-order valence-electron chi connectivity index (χ2n) is 3.79. The summed E-state index contributed by atoms with van der Waals surface area (Å²) in [6.45, 7) is 4.45. The molecular weight excluding hydrogens is 281 g/mol. The Morgan fingerprint density at radius 1 is 1.29 bits per heavy atom. The van der Waals surface area contributed by atoms with Crippen LogP contribution in [0.25, 0.3) is 0 Å². The quantitative estimate of drug-likeness (QED) is 0.909. The third-order valence-corrected chi connectivity index (χ3v) is 5.11. The van der Waals surface area contributed by atoms with Crippen molar-refractivity contribution < 1.29 is 8.42 Å². The molecule has 0 heterocycles. The molecule has 0 aliphatic rings. The first-order chi connectivity index (χ1) is 7.88. The van der Waals surface area contributed by atoms with E-state index in [2.05, 4.69) is 5.32 Å². The lowest BCUT2D eigenvalue weighted by atomic mass is 10.4. The van der Waals surface area contributed by atoms with Gasteiger partial charge in [0.15, 0.2) is 9.84 Å². The summed E-state index contributed by atoms with van der Waals surface area (Å²) < 4.78 is 24.3. The summed E-state index contributed by atoms with van der Waals surface area (Å²) >= 11 is 11.8. The zero-order valence-corrected chi connectivity index (χ0v) is 12.0. The van der Waals surface area contributed by atoms with E-state index < -0.39 is 9.84 Å². The average molecular weight is 296 g/mol. The second kappa shape index (κ2) is 6.05. The molecule has 0 aromatic heterocycles. The highest BCUT2D eigenvalue weighted by Gasteiger charge is 2.23. The summed E-state index contributed by atoms with van der Waals surface area (Å²) in [4.78, 5) is 0.0214. The van der Waals surface area contributed by atoms with Gasteiger partial charge in [-0.2, -0.15) is 0 Å². The lowest BCUT2D eigenvalue weighted by Gasteiger charge is -2.14. The average Bonchev–Trinajstić information content (AvgIpc) is 2.15. The largest absolute Gasteiger partial charge is 0.314 e. The van der Waals surface area contributed by atoms with Gasteiger partial charge in [-0.1, -0.05) is 36.2 Å². The van der Waals surface area contributed by atoms with Gasteiger partial charge in [0.25, 0.3) is 0 Å². The van der Waals surface area contributed by atoms with Gasteiger partial charge < -0.3 is 5.32 Å². The highest BCUT2D eigenvalue weighted by molar-refractivity contribution is 7.91. The van der Waals surface area contributed by atoms with Gasteiger partial charge in [0.2, 0.25) is 0 Å². The van der Waals surface area contributed by atoms with E-state index >= 15 is 0 Å². The molecule has 1 aromatic carbocycles. The molecule has 1 rings (SSSR count). The van der Waals surface area contributed by atoms with Crippen molar-refractivity contribution >= 4 is 33.0 Å². The summed E-state index contributed by atoms with van der Waals surface area (Å²) in [7, 11) is -3.47. The molecule has 0 saturated carbocycles. The number of sulfone groups is 1. The van der Waals surface area contributed by atoms with Crippen LogP contribution in [-0.4, -0.2) is 26.8 Å². The van der Waals surface area contributed by atoms with E-state index in [0.29, 0.717) is 6.54 Å². The van der Waals surface area contributed by atoms with Crippen LogP contribution in [0.2, 0.25) is 10.0 Å². The van der Waals surface area contributed by atoms with Crippen LogP contribution in [0, 0.1) is 0 Å². The molecule has 0 spiro atoms. The van der Waals surface area contributed by atoms with Crippen molar-refractivity contribution in [3.63, 3.8) is 0 Å². The summed E-state index contributed by atoms with van der Waals surface area (Å²) in [6.07, 6.45) is 0. The topological polar surface area (TPSA) is 46.2 Å². The highest BCUT2D eigenvalue weighted by atomic mass is 35.5. The van der Waals surface area contributed by atoms with Gasteiger partial charge in [0.1, 0.15) is 4.90 Å². The molecule has 0 bridgehead atoms. The van der Waals surface area contributed by atoms with E-state index in [-0.39, 0.29) is 26.7 Å². The molecule has 0 aliphatic carbocycles. The van der Waals surface area contributed by atoms with Gasteiger partial charge in [-0.3, -0.25) is 0 Å². The molecule has 0 fully saturated rings. The van der Waals surface area contributed by atoms with Gasteiger partial charge >= 0.3 is 0 Å². The van der Waals surface area contributed by atoms with Gasteiger partial charge in [-0.15, -0.1) is 0 Å². The van der Waals surface area contributed by atoms with E-state index in [4.69, 9.17) is 23.2 Å². The van der Waals surface area contributed by atoms with Gasteiger partial charge in [0.05, 0.1) is 15.8 Å². The number of hydrogen-bond donors (Lipinski definition) is 1.